The molecule has 0 aliphatic rings. The van der Waals surface area contributed by atoms with E-state index in [-0.39, 0.29) is 5.69 Å². The Morgan fingerprint density at radius 3 is 2.71 bits per heavy atom. The van der Waals surface area contributed by atoms with Gasteiger partial charge in [-0.15, -0.1) is 0 Å². The number of pyridine rings is 1. The molecule has 5 N–H and O–H groups in total. The molecule has 3 aromatic carbocycles. The van der Waals surface area contributed by atoms with E-state index < -0.39 is 11.8 Å². The molecule has 5 aromatic rings. The zero-order valence-electron chi connectivity index (χ0n) is 20.8. The maximum Gasteiger partial charge on any atom is 0.323 e. The van der Waals surface area contributed by atoms with Crippen LogP contribution in [0.2, 0.25) is 0 Å². The van der Waals surface area contributed by atoms with Crippen LogP contribution in [0, 0.1) is 12.7 Å². The highest BCUT2D eigenvalue weighted by molar-refractivity contribution is 6.04. The number of carbonyl (C=O) groups is 1. The number of amides is 2. The van der Waals surface area contributed by atoms with E-state index in [1.807, 2.05) is 49.5 Å². The first-order valence-corrected chi connectivity index (χ1v) is 12.2. The number of rotatable bonds is 8. The van der Waals surface area contributed by atoms with Gasteiger partial charge in [-0.05, 0) is 84.5 Å². The molecular formula is C29H27FN6O2. The smallest absolute Gasteiger partial charge is 0.323 e. The summed E-state index contributed by atoms with van der Waals surface area (Å²) in [4.78, 5) is 16.5. The number of aryl methyl sites for hydroxylation is 2. The summed E-state index contributed by atoms with van der Waals surface area (Å²) in [6.45, 7) is 2.37. The summed E-state index contributed by atoms with van der Waals surface area (Å²) in [5.41, 5.74) is 11.4. The molecule has 0 bridgehead atoms. The number of urea groups is 1. The van der Waals surface area contributed by atoms with Gasteiger partial charge in [0.1, 0.15) is 17.1 Å². The topological polar surface area (TPSA) is 118 Å². The normalized spacial score (nSPS) is 10.9. The number of fused-ring (bicyclic) bond motifs is 1. The summed E-state index contributed by atoms with van der Waals surface area (Å²) < 4.78 is 20.0. The van der Waals surface area contributed by atoms with Crippen LogP contribution >= 0.6 is 0 Å². The summed E-state index contributed by atoms with van der Waals surface area (Å²) in [5.74, 6) is 0.554. The van der Waals surface area contributed by atoms with Crippen LogP contribution in [-0.4, -0.2) is 27.8 Å². The van der Waals surface area contributed by atoms with Crippen LogP contribution in [0.25, 0.3) is 22.0 Å². The number of H-pyrrole nitrogens is 1. The fourth-order valence-corrected chi connectivity index (χ4v) is 4.25. The molecule has 9 heteroatoms. The van der Waals surface area contributed by atoms with Gasteiger partial charge in [0.05, 0.1) is 17.7 Å². The zero-order valence-corrected chi connectivity index (χ0v) is 20.8. The quantitative estimate of drug-likeness (QED) is 0.183. The molecule has 192 valence electrons. The van der Waals surface area contributed by atoms with Gasteiger partial charge >= 0.3 is 6.03 Å². The summed E-state index contributed by atoms with van der Waals surface area (Å²) in [6.07, 6.45) is 5.34. The van der Waals surface area contributed by atoms with Crippen LogP contribution in [0.1, 0.15) is 17.5 Å². The van der Waals surface area contributed by atoms with Crippen molar-refractivity contribution in [2.75, 3.05) is 23.0 Å². The van der Waals surface area contributed by atoms with Gasteiger partial charge in [0.25, 0.3) is 0 Å². The van der Waals surface area contributed by atoms with Crippen molar-refractivity contribution in [3.63, 3.8) is 0 Å². The van der Waals surface area contributed by atoms with Crippen molar-refractivity contribution in [2.45, 2.75) is 19.8 Å². The maximum atomic E-state index is 14.0. The van der Waals surface area contributed by atoms with E-state index in [2.05, 4.69) is 25.8 Å². The lowest BCUT2D eigenvalue weighted by atomic mass is 10.0. The van der Waals surface area contributed by atoms with Gasteiger partial charge in [-0.3, -0.25) is 10.1 Å². The van der Waals surface area contributed by atoms with Gasteiger partial charge in [0, 0.05) is 18.1 Å². The molecular weight excluding hydrogens is 483 g/mol. The number of anilines is 3. The number of nitrogens with one attached hydrogen (secondary N) is 3. The Hall–Kier alpha value is -4.92. The highest BCUT2D eigenvalue weighted by atomic mass is 19.1. The Morgan fingerprint density at radius 2 is 1.92 bits per heavy atom. The molecule has 0 saturated heterocycles. The molecule has 8 nitrogen and oxygen atoms in total. The second-order valence-corrected chi connectivity index (χ2v) is 8.92. The number of benzene rings is 3. The predicted octanol–water partition coefficient (Wildman–Crippen LogP) is 6.31. The summed E-state index contributed by atoms with van der Waals surface area (Å²) in [5, 5.41) is 13.2. The Bertz CT molecular complexity index is 1570. The first kappa shape index (κ1) is 24.8. The van der Waals surface area contributed by atoms with Crippen LogP contribution in [0.3, 0.4) is 0 Å². The Labute approximate surface area is 219 Å². The number of nitrogens with zero attached hydrogens (tertiary/aromatic N) is 2. The molecule has 0 unspecified atom stereocenters. The van der Waals surface area contributed by atoms with Gasteiger partial charge in [0.15, 0.2) is 5.82 Å². The molecule has 0 fully saturated rings. The molecule has 0 aliphatic heterocycles. The summed E-state index contributed by atoms with van der Waals surface area (Å²) in [6, 6.07) is 19.1. The third-order valence-electron chi connectivity index (χ3n) is 6.13. The van der Waals surface area contributed by atoms with E-state index in [9.17, 15) is 9.18 Å². The van der Waals surface area contributed by atoms with E-state index >= 15 is 0 Å². The van der Waals surface area contributed by atoms with Gasteiger partial charge in [-0.2, -0.15) is 5.10 Å². The van der Waals surface area contributed by atoms with Gasteiger partial charge < -0.3 is 21.1 Å². The SMILES string of the molecule is Cc1ccc(F)c(NC(=O)Nc2ccc(-c3ccc(OCCCc4cccnc4)c4[nH]nc(N)c34)cc2)c1. The fourth-order valence-electron chi connectivity index (χ4n) is 4.25. The van der Waals surface area contributed by atoms with Crippen LogP contribution in [0.4, 0.5) is 26.4 Å². The van der Waals surface area contributed by atoms with E-state index in [0.717, 1.165) is 40.4 Å². The predicted molar refractivity (Wildman–Crippen MR) is 148 cm³/mol. The number of aromatic nitrogens is 3. The summed E-state index contributed by atoms with van der Waals surface area (Å²) in [7, 11) is 0. The van der Waals surface area contributed by atoms with E-state index in [1.165, 1.54) is 11.6 Å². The van der Waals surface area contributed by atoms with Crippen molar-refractivity contribution in [1.29, 1.82) is 0 Å². The van der Waals surface area contributed by atoms with Crippen molar-refractivity contribution in [3.8, 4) is 16.9 Å². The highest BCUT2D eigenvalue weighted by Gasteiger charge is 2.15. The number of nitrogen functional groups attached to an aromatic ring is 1. The largest absolute Gasteiger partial charge is 0.491 e. The van der Waals surface area contributed by atoms with E-state index in [1.54, 1.807) is 30.5 Å². The number of aromatic amines is 1. The van der Waals surface area contributed by atoms with Crippen LogP contribution < -0.4 is 21.1 Å². The third-order valence-corrected chi connectivity index (χ3v) is 6.13. The van der Waals surface area contributed by atoms with Crippen LogP contribution in [0.15, 0.2) is 79.1 Å². The first-order chi connectivity index (χ1) is 18.5. The molecule has 0 radical (unpaired) electrons. The van der Waals surface area contributed by atoms with Gasteiger partial charge in [0.2, 0.25) is 0 Å². The summed E-state index contributed by atoms with van der Waals surface area (Å²) >= 11 is 0. The molecule has 2 heterocycles. The fraction of sp³-hybridized carbons (Fsp3) is 0.138. The van der Waals surface area contributed by atoms with Crippen molar-refractivity contribution >= 4 is 34.1 Å². The minimum absolute atomic E-state index is 0.122. The molecule has 0 saturated carbocycles. The maximum absolute atomic E-state index is 14.0. The second kappa shape index (κ2) is 11.0. The van der Waals surface area contributed by atoms with Crippen LogP contribution in [-0.2, 0) is 6.42 Å². The lowest BCUT2D eigenvalue weighted by Crippen LogP contribution is -2.20. The van der Waals surface area contributed by atoms with Crippen molar-refractivity contribution in [2.24, 2.45) is 0 Å². The highest BCUT2D eigenvalue weighted by Crippen LogP contribution is 2.37. The van der Waals surface area contributed by atoms with E-state index in [0.29, 0.717) is 23.9 Å². The Balaban J connectivity index is 1.27. The lowest BCUT2D eigenvalue weighted by molar-refractivity contribution is 0.262. The second-order valence-electron chi connectivity index (χ2n) is 8.92. The third kappa shape index (κ3) is 5.57. The average Bonchev–Trinajstić information content (AvgIpc) is 3.32. The zero-order chi connectivity index (χ0) is 26.5. The van der Waals surface area contributed by atoms with Gasteiger partial charge in [-0.1, -0.05) is 24.3 Å². The molecule has 0 spiro atoms. The minimum Gasteiger partial charge on any atom is -0.491 e. The standard InChI is InChI=1S/C29H27FN6O2/c1-18-6-12-23(30)24(16-18)34-29(37)33-21-9-7-20(8-10-21)22-11-13-25(27-26(22)28(31)36-35-27)38-15-3-5-19-4-2-14-32-17-19/h2,4,6-14,16-17H,3,5,15H2,1H3,(H3,31,35,36)(H2,33,34,37). The average molecular weight is 511 g/mol. The molecule has 5 rings (SSSR count). The first-order valence-electron chi connectivity index (χ1n) is 12.2. The number of carbonyl (C=O) groups excluding carboxylic acids is 1. The number of halogens is 1. The van der Waals surface area contributed by atoms with E-state index in [4.69, 9.17) is 10.5 Å². The van der Waals surface area contributed by atoms with Crippen LogP contribution in [0.5, 0.6) is 5.75 Å². The number of ether oxygens (including phenoxy) is 1. The molecule has 38 heavy (non-hydrogen) atoms. The molecule has 0 aliphatic carbocycles. The number of hydrogen-bond acceptors (Lipinski definition) is 5. The van der Waals surface area contributed by atoms with Gasteiger partial charge in [-0.25, -0.2) is 9.18 Å². The molecule has 0 atom stereocenters. The Kier molecular flexibility index (Phi) is 7.17. The van der Waals surface area contributed by atoms with Crippen molar-refractivity contribution < 1.29 is 13.9 Å². The number of hydrogen-bond donors (Lipinski definition) is 4. The monoisotopic (exact) mass is 510 g/mol. The molecule has 2 aromatic heterocycles. The lowest BCUT2D eigenvalue weighted by Gasteiger charge is -2.12. The van der Waals surface area contributed by atoms with Crippen molar-refractivity contribution in [1.82, 2.24) is 15.2 Å². The minimum atomic E-state index is -0.534. The molecule has 2 amide bonds. The number of nitrogens with two attached hydrogens (primary N) is 1. The Morgan fingerprint density at radius 1 is 1.08 bits per heavy atom. The van der Waals surface area contributed by atoms with Crippen molar-refractivity contribution in [3.05, 3.63) is 96.1 Å².